The Hall–Kier alpha value is -0.290. The maximum Gasteiger partial charge on any atom is 0.389 e. The lowest BCUT2D eigenvalue weighted by atomic mass is 10.1. The number of hydrogen-bond donors (Lipinski definition) is 1. The lowest BCUT2D eigenvalue weighted by molar-refractivity contribution is -0.140. The third kappa shape index (κ3) is 4.81. The molecule has 0 radical (unpaired) electrons. The summed E-state index contributed by atoms with van der Waals surface area (Å²) >= 11 is 0. The molecule has 0 bridgehead atoms. The standard InChI is InChI=1S/C9H15F3O2/c10-9(11,12)4-3-7(13)6-8-2-1-5-14-8/h7-8,13H,1-6H2. The lowest BCUT2D eigenvalue weighted by Gasteiger charge is -2.15. The average molecular weight is 212 g/mol. The van der Waals surface area contributed by atoms with E-state index >= 15 is 0 Å². The number of alkyl halides is 3. The smallest absolute Gasteiger partial charge is 0.389 e. The van der Waals surface area contributed by atoms with Crippen LogP contribution in [0, 0.1) is 0 Å². The molecule has 5 heteroatoms. The van der Waals surface area contributed by atoms with Crippen LogP contribution in [0.4, 0.5) is 13.2 Å². The summed E-state index contributed by atoms with van der Waals surface area (Å²) in [6.07, 6.45) is -4.12. The minimum absolute atomic E-state index is 0.0433. The molecule has 14 heavy (non-hydrogen) atoms. The van der Waals surface area contributed by atoms with Crippen molar-refractivity contribution in [3.05, 3.63) is 0 Å². The molecule has 0 aromatic carbocycles. The molecule has 0 aromatic rings. The maximum absolute atomic E-state index is 11.8. The predicted octanol–water partition coefficient (Wildman–Crippen LogP) is 2.26. The monoisotopic (exact) mass is 212 g/mol. The zero-order valence-corrected chi connectivity index (χ0v) is 7.89. The highest BCUT2D eigenvalue weighted by Gasteiger charge is 2.29. The van der Waals surface area contributed by atoms with E-state index in [1.54, 1.807) is 0 Å². The molecule has 1 aliphatic rings. The van der Waals surface area contributed by atoms with Crippen LogP contribution in [0.1, 0.15) is 32.1 Å². The Labute approximate surface area is 81.1 Å². The summed E-state index contributed by atoms with van der Waals surface area (Å²) in [6.45, 7) is 0.663. The van der Waals surface area contributed by atoms with E-state index < -0.39 is 18.7 Å². The van der Waals surface area contributed by atoms with E-state index in [0.717, 1.165) is 12.8 Å². The van der Waals surface area contributed by atoms with Crippen LogP contribution in [0.25, 0.3) is 0 Å². The Morgan fingerprint density at radius 3 is 2.64 bits per heavy atom. The van der Waals surface area contributed by atoms with Crippen molar-refractivity contribution in [3.8, 4) is 0 Å². The third-order valence-corrected chi connectivity index (χ3v) is 2.32. The first kappa shape index (κ1) is 11.8. The molecule has 0 amide bonds. The Morgan fingerprint density at radius 1 is 1.43 bits per heavy atom. The summed E-state index contributed by atoms with van der Waals surface area (Å²) in [4.78, 5) is 0. The highest BCUT2D eigenvalue weighted by atomic mass is 19.4. The van der Waals surface area contributed by atoms with Gasteiger partial charge in [0.15, 0.2) is 0 Å². The predicted molar refractivity (Wildman–Crippen MR) is 44.9 cm³/mol. The molecule has 1 fully saturated rings. The van der Waals surface area contributed by atoms with Crippen molar-refractivity contribution in [2.45, 2.75) is 50.5 Å². The molecule has 1 saturated heterocycles. The molecule has 0 saturated carbocycles. The molecule has 84 valence electrons. The fourth-order valence-corrected chi connectivity index (χ4v) is 1.58. The van der Waals surface area contributed by atoms with Crippen molar-refractivity contribution in [3.63, 3.8) is 0 Å². The fraction of sp³-hybridized carbons (Fsp3) is 1.00. The van der Waals surface area contributed by atoms with Crippen LogP contribution in [0.15, 0.2) is 0 Å². The summed E-state index contributed by atoms with van der Waals surface area (Å²) in [6, 6.07) is 0. The molecule has 0 aromatic heterocycles. The number of aliphatic hydroxyl groups is 1. The van der Waals surface area contributed by atoms with Gasteiger partial charge in [-0.2, -0.15) is 13.2 Å². The van der Waals surface area contributed by atoms with Crippen molar-refractivity contribution in [1.29, 1.82) is 0 Å². The number of hydrogen-bond acceptors (Lipinski definition) is 2. The topological polar surface area (TPSA) is 29.5 Å². The Morgan fingerprint density at radius 2 is 2.14 bits per heavy atom. The van der Waals surface area contributed by atoms with Gasteiger partial charge in [-0.3, -0.25) is 0 Å². The summed E-state index contributed by atoms with van der Waals surface area (Å²) in [5.41, 5.74) is 0. The van der Waals surface area contributed by atoms with E-state index in [1.165, 1.54) is 0 Å². The van der Waals surface area contributed by atoms with E-state index in [4.69, 9.17) is 4.74 Å². The Balaban J connectivity index is 2.12. The van der Waals surface area contributed by atoms with Crippen LogP contribution < -0.4 is 0 Å². The first-order valence-corrected chi connectivity index (χ1v) is 4.84. The van der Waals surface area contributed by atoms with Crippen LogP contribution in [-0.2, 0) is 4.74 Å². The molecule has 1 N–H and O–H groups in total. The summed E-state index contributed by atoms with van der Waals surface area (Å²) in [5, 5.41) is 9.29. The van der Waals surface area contributed by atoms with Crippen LogP contribution in [0.2, 0.25) is 0 Å². The van der Waals surface area contributed by atoms with Gasteiger partial charge in [0.2, 0.25) is 0 Å². The Kier molecular flexibility index (Phi) is 4.19. The number of halogens is 3. The lowest BCUT2D eigenvalue weighted by Crippen LogP contribution is -2.19. The van der Waals surface area contributed by atoms with Crippen LogP contribution in [-0.4, -0.2) is 30.1 Å². The molecule has 2 atom stereocenters. The van der Waals surface area contributed by atoms with E-state index in [9.17, 15) is 18.3 Å². The number of rotatable bonds is 4. The van der Waals surface area contributed by atoms with Gasteiger partial charge in [0.25, 0.3) is 0 Å². The minimum Gasteiger partial charge on any atom is -0.393 e. The van der Waals surface area contributed by atoms with Crippen molar-refractivity contribution in [1.82, 2.24) is 0 Å². The second-order valence-corrected chi connectivity index (χ2v) is 3.68. The fourth-order valence-electron chi connectivity index (χ4n) is 1.58. The van der Waals surface area contributed by atoms with Crippen molar-refractivity contribution in [2.24, 2.45) is 0 Å². The van der Waals surface area contributed by atoms with Crippen molar-refractivity contribution in [2.75, 3.05) is 6.61 Å². The van der Waals surface area contributed by atoms with Gasteiger partial charge in [0.1, 0.15) is 0 Å². The van der Waals surface area contributed by atoms with E-state index in [2.05, 4.69) is 0 Å². The normalized spacial score (nSPS) is 25.3. The van der Waals surface area contributed by atoms with Crippen LogP contribution in [0.3, 0.4) is 0 Å². The second kappa shape index (κ2) is 4.98. The molecule has 1 aliphatic heterocycles. The molecular weight excluding hydrogens is 197 g/mol. The van der Waals surface area contributed by atoms with Gasteiger partial charge in [-0.05, 0) is 25.7 Å². The van der Waals surface area contributed by atoms with Gasteiger partial charge >= 0.3 is 6.18 Å². The summed E-state index contributed by atoms with van der Waals surface area (Å²) < 4.78 is 40.6. The largest absolute Gasteiger partial charge is 0.393 e. The van der Waals surface area contributed by atoms with Crippen molar-refractivity contribution < 1.29 is 23.0 Å². The van der Waals surface area contributed by atoms with Gasteiger partial charge in [0, 0.05) is 13.0 Å². The molecule has 1 heterocycles. The zero-order valence-electron chi connectivity index (χ0n) is 7.89. The third-order valence-electron chi connectivity index (χ3n) is 2.32. The summed E-state index contributed by atoms with van der Waals surface area (Å²) in [7, 11) is 0. The molecule has 0 aliphatic carbocycles. The average Bonchev–Trinajstić information content (AvgIpc) is 2.52. The molecule has 2 unspecified atom stereocenters. The van der Waals surface area contributed by atoms with Crippen LogP contribution >= 0.6 is 0 Å². The molecule has 0 spiro atoms. The molecular formula is C9H15F3O2. The number of aliphatic hydroxyl groups excluding tert-OH is 1. The zero-order chi connectivity index (χ0) is 10.6. The van der Waals surface area contributed by atoms with Gasteiger partial charge in [-0.25, -0.2) is 0 Å². The highest BCUT2D eigenvalue weighted by molar-refractivity contribution is 4.70. The first-order chi connectivity index (χ1) is 6.47. The van der Waals surface area contributed by atoms with Crippen molar-refractivity contribution >= 4 is 0 Å². The maximum atomic E-state index is 11.8. The van der Waals surface area contributed by atoms with E-state index in [-0.39, 0.29) is 12.5 Å². The minimum atomic E-state index is -4.17. The Bertz CT molecular complexity index is 164. The second-order valence-electron chi connectivity index (χ2n) is 3.68. The van der Waals surface area contributed by atoms with E-state index in [0.29, 0.717) is 13.0 Å². The van der Waals surface area contributed by atoms with Gasteiger partial charge < -0.3 is 9.84 Å². The SMILES string of the molecule is OC(CCC(F)(F)F)CC1CCCO1. The number of ether oxygens (including phenoxy) is 1. The van der Waals surface area contributed by atoms with Gasteiger partial charge in [-0.15, -0.1) is 0 Å². The summed E-state index contributed by atoms with van der Waals surface area (Å²) in [5.74, 6) is 0. The quantitative estimate of drug-likeness (QED) is 0.774. The first-order valence-electron chi connectivity index (χ1n) is 4.84. The van der Waals surface area contributed by atoms with Gasteiger partial charge in [0.05, 0.1) is 12.2 Å². The molecule has 1 rings (SSSR count). The van der Waals surface area contributed by atoms with E-state index in [1.807, 2.05) is 0 Å². The highest BCUT2D eigenvalue weighted by Crippen LogP contribution is 2.25. The van der Waals surface area contributed by atoms with Gasteiger partial charge in [-0.1, -0.05) is 0 Å². The molecule has 2 nitrogen and oxygen atoms in total. The van der Waals surface area contributed by atoms with Crippen LogP contribution in [0.5, 0.6) is 0 Å².